The minimum absolute atomic E-state index is 0. The predicted octanol–water partition coefficient (Wildman–Crippen LogP) is 9.61. The van der Waals surface area contributed by atoms with Crippen molar-refractivity contribution in [2.75, 3.05) is 65.7 Å². The number of nitrogens with zero attached hydrogens (tertiary/aromatic N) is 3. The number of carbonyl (C=O) groups excluding carboxylic acids is 4. The summed E-state index contributed by atoms with van der Waals surface area (Å²) in [6, 6.07) is 49.5. The first-order valence-electron chi connectivity index (χ1n) is 32.2. The molecule has 2 saturated heterocycles. The van der Waals surface area contributed by atoms with E-state index in [1.54, 1.807) is 13.8 Å². The predicted molar refractivity (Wildman–Crippen MR) is 419 cm³/mol. The third-order valence-electron chi connectivity index (χ3n) is 15.3. The van der Waals surface area contributed by atoms with Crippen LogP contribution in [0.25, 0.3) is 4.85 Å². The van der Waals surface area contributed by atoms with Crippen LogP contribution in [-0.2, 0) is 105 Å². The minimum atomic E-state index is -0.181. The summed E-state index contributed by atoms with van der Waals surface area (Å²) in [6.07, 6.45) is 11.2. The zero-order valence-electron chi connectivity index (χ0n) is 59.0. The number of benzene rings is 7. The second kappa shape index (κ2) is 57.4. The Bertz CT molecular complexity index is 3540. The van der Waals surface area contributed by atoms with Gasteiger partial charge in [-0.15, -0.1) is 0 Å². The summed E-state index contributed by atoms with van der Waals surface area (Å²) in [5.41, 5.74) is 20.1. The first kappa shape index (κ1) is 95.1. The third kappa shape index (κ3) is 40.6. The zero-order valence-corrected chi connectivity index (χ0v) is 73.1. The number of hydrogen-bond acceptors (Lipinski definition) is 11. The van der Waals surface area contributed by atoms with Crippen LogP contribution >= 0.6 is 112 Å². The quantitative estimate of drug-likeness (QED) is 0.0391. The summed E-state index contributed by atoms with van der Waals surface area (Å²) >= 11 is 24.1. The molecular formula is C75H90BBr7N7Na2O8. The average molecular weight is 1830 g/mol. The Morgan fingerprint density at radius 2 is 0.980 bits per heavy atom. The summed E-state index contributed by atoms with van der Waals surface area (Å²) in [7, 11) is 0. The molecule has 7 aromatic rings. The number of halogens is 7. The Morgan fingerprint density at radius 3 is 1.44 bits per heavy atom. The second-order valence-corrected chi connectivity index (χ2v) is 28.9. The molecule has 13 rings (SSSR count). The van der Waals surface area contributed by atoms with Crippen molar-refractivity contribution < 1.29 is 99.3 Å². The van der Waals surface area contributed by atoms with Crippen LogP contribution in [0, 0.1) is 6.57 Å². The number of fused-ring (bicyclic) bond motifs is 4. The Hall–Kier alpha value is -2.91. The molecule has 25 heteroatoms. The van der Waals surface area contributed by atoms with Crippen molar-refractivity contribution in [2.45, 2.75) is 118 Å². The minimum Gasteiger partial charge on any atom is -1.00 e. The maximum atomic E-state index is 11.2. The standard InChI is InChI=1S/2C11H12BrNO.C10H12BrNO.2C9H10BrN.C8H6BrN.C8H10BrN.2C4H8O.CH2O3.B.2Na.H/c1-8(14)13-5-4-9-6-11(12)3-2-10(9)7-13;1-8(14)13-6-5-9-3-2-4-11(12)10(9)7-13;1-8(13)12-6-5-9-3-2-4-10(11)7-9;10-9-2-1-8-6-11-4-3-7(8)5-9;10-9-3-1-2-7-4-5-11-6-8(7)9;1-10-6-7-3-2-4-8(9)5-7;9-8-3-1-2-7(6-8)4-5-10;2*1-2-4-5-3-1;2-1-4-3;;;;/h2-3,6H,4-5,7H2,1H3;2-4H,5-7H2,1H3;2-4,7H,5-6H2,1H3,(H,12,13);1-2,5,11H,3-4,6H2;1-3,11H,4-6H2;2-5H,6H2;1-3,6H,4-5,10H2;2*1-4H2;1,3H;;;;/q;;;;;;;;;;;2*+1;-1/p-1. The van der Waals surface area contributed by atoms with Gasteiger partial charge in [-0.2, -0.15) is 0 Å². The van der Waals surface area contributed by atoms with Gasteiger partial charge < -0.3 is 57.4 Å². The van der Waals surface area contributed by atoms with Crippen LogP contribution in [0.3, 0.4) is 0 Å². The number of amides is 3. The SMILES string of the molecule is Brc1ccc2c(c1)CCNC2.Brc1cccc2c1CNCC2.C1CCOC1.C1CCOC1.CC(=O)N1CCc2cc(Br)ccc2C1.CC(=O)N1CCc2cccc(Br)c2C1.CC(=O)NCCc1cccc(Br)c1.NCCc1cccc(Br)c1.O=CO[O-].[B].[C-]#[N+]Cc1cccc(Br)c1.[H-].[Na+].[Na+]. The van der Waals surface area contributed by atoms with Gasteiger partial charge in [-0.25, -0.2) is 6.57 Å². The van der Waals surface area contributed by atoms with Crippen molar-refractivity contribution in [3.8, 4) is 0 Å². The molecule has 6 aliphatic rings. The molecule has 2 fully saturated rings. The Labute approximate surface area is 699 Å². The molecule has 0 unspecified atom stereocenters. The molecule has 7 aromatic carbocycles. The Balaban J connectivity index is 0.00000111. The largest absolute Gasteiger partial charge is 1.00 e. The number of carbonyl (C=O) groups is 4. The first-order valence-corrected chi connectivity index (χ1v) is 37.8. The summed E-state index contributed by atoms with van der Waals surface area (Å²) in [4.78, 5) is 51.3. The molecule has 0 aliphatic carbocycles. The molecule has 0 bridgehead atoms. The van der Waals surface area contributed by atoms with Crippen molar-refractivity contribution in [2.24, 2.45) is 5.73 Å². The normalized spacial score (nSPS) is 13.5. The van der Waals surface area contributed by atoms with Gasteiger partial charge in [0.2, 0.25) is 24.3 Å². The van der Waals surface area contributed by atoms with Gasteiger partial charge >= 0.3 is 59.1 Å². The van der Waals surface area contributed by atoms with Crippen molar-refractivity contribution in [1.29, 1.82) is 0 Å². The molecule has 3 radical (unpaired) electrons. The zero-order chi connectivity index (χ0) is 70.6. The fourth-order valence-electron chi connectivity index (χ4n) is 10.2. The number of nitrogens with two attached hydrogens (primary N) is 1. The van der Waals surface area contributed by atoms with Gasteiger partial charge in [-0.05, 0) is 212 Å². The molecule has 0 aromatic heterocycles. The topological polar surface area (TPSA) is 192 Å². The van der Waals surface area contributed by atoms with E-state index in [0.717, 1.165) is 152 Å². The number of hydrogen-bond donors (Lipinski definition) is 4. The van der Waals surface area contributed by atoms with Gasteiger partial charge in [-0.1, -0.05) is 184 Å². The van der Waals surface area contributed by atoms with E-state index in [9.17, 15) is 14.4 Å². The molecule has 3 amide bonds. The molecule has 6 aliphatic heterocycles. The summed E-state index contributed by atoms with van der Waals surface area (Å²) < 4.78 is 17.8. The van der Waals surface area contributed by atoms with Crippen molar-refractivity contribution in [1.82, 2.24) is 25.8 Å². The van der Waals surface area contributed by atoms with E-state index in [1.165, 1.54) is 97.2 Å². The van der Waals surface area contributed by atoms with Crippen LogP contribution in [0.15, 0.2) is 177 Å². The van der Waals surface area contributed by atoms with Gasteiger partial charge in [0.1, 0.15) is 0 Å². The first-order chi connectivity index (χ1) is 46.8. The van der Waals surface area contributed by atoms with Crippen LogP contribution in [0.2, 0.25) is 0 Å². The molecule has 15 nitrogen and oxygen atoms in total. The molecule has 0 saturated carbocycles. The van der Waals surface area contributed by atoms with Gasteiger partial charge in [0.25, 0.3) is 6.47 Å². The van der Waals surface area contributed by atoms with Crippen molar-refractivity contribution in [3.05, 3.63) is 250 Å². The van der Waals surface area contributed by atoms with Crippen LogP contribution in [0.5, 0.6) is 0 Å². The maximum absolute atomic E-state index is 11.2. The monoisotopic (exact) mass is 1830 g/mol. The summed E-state index contributed by atoms with van der Waals surface area (Å²) in [5.74, 6) is 0.347. The molecule has 100 heavy (non-hydrogen) atoms. The second-order valence-electron chi connectivity index (χ2n) is 22.6. The van der Waals surface area contributed by atoms with Crippen LogP contribution in [-0.4, -0.2) is 108 Å². The molecule has 0 spiro atoms. The number of rotatable bonds is 7. The number of ether oxygens (including phenoxy) is 2. The van der Waals surface area contributed by atoms with E-state index in [-0.39, 0.29) is 93.1 Å². The van der Waals surface area contributed by atoms with E-state index in [0.29, 0.717) is 13.1 Å². The van der Waals surface area contributed by atoms with Gasteiger partial charge in [0.15, 0.2) is 0 Å². The van der Waals surface area contributed by atoms with Gasteiger partial charge in [0, 0.05) is 138 Å². The van der Waals surface area contributed by atoms with Gasteiger partial charge in [0.05, 0.1) is 0 Å². The average Bonchev–Trinajstić information content (AvgIpc) is 1.54. The third-order valence-corrected chi connectivity index (χ3v) is 19.2. The molecular weight excluding hydrogens is 1740 g/mol. The smallest absolute Gasteiger partial charge is 1.00 e. The summed E-state index contributed by atoms with van der Waals surface area (Å²) in [6.45, 7) is 24.6. The maximum Gasteiger partial charge on any atom is 1.00 e. The van der Waals surface area contributed by atoms with E-state index in [2.05, 4.69) is 210 Å². The van der Waals surface area contributed by atoms with Crippen molar-refractivity contribution >= 4 is 144 Å². The molecule has 0 atom stereocenters. The van der Waals surface area contributed by atoms with E-state index < -0.39 is 0 Å². The summed E-state index contributed by atoms with van der Waals surface area (Å²) in [5, 5.41) is 17.9. The van der Waals surface area contributed by atoms with E-state index in [4.69, 9.17) is 31.8 Å². The number of nitrogens with one attached hydrogen (secondary N) is 3. The van der Waals surface area contributed by atoms with Crippen LogP contribution in [0.4, 0.5) is 0 Å². The van der Waals surface area contributed by atoms with E-state index >= 15 is 0 Å². The van der Waals surface area contributed by atoms with Crippen LogP contribution < -0.4 is 86.1 Å². The fraction of sp³-hybridized carbons (Fsp3) is 0.373. The molecule has 527 valence electrons. The molecule has 6 heterocycles. The molecule has 5 N–H and O–H groups in total. The van der Waals surface area contributed by atoms with Crippen LogP contribution in [0.1, 0.15) is 109 Å². The van der Waals surface area contributed by atoms with Crippen molar-refractivity contribution in [3.63, 3.8) is 0 Å². The Morgan fingerprint density at radius 1 is 0.560 bits per heavy atom. The fourth-order valence-corrected chi connectivity index (χ4v) is 13.4. The van der Waals surface area contributed by atoms with Gasteiger partial charge in [-0.3, -0.25) is 19.2 Å². The Kier molecular flexibility index (Phi) is 54.5. The van der Waals surface area contributed by atoms with E-state index in [1.807, 2.05) is 82.6 Å².